The third-order valence-corrected chi connectivity index (χ3v) is 4.43. The second-order valence-corrected chi connectivity index (χ2v) is 6.27. The molecule has 0 bridgehead atoms. The van der Waals surface area contributed by atoms with Crippen LogP contribution in [0.3, 0.4) is 0 Å². The molecule has 0 aliphatic heterocycles. The van der Waals surface area contributed by atoms with Crippen LogP contribution in [0.1, 0.15) is 17.5 Å². The fourth-order valence-electron chi connectivity index (χ4n) is 2.27. The number of carbonyl (C=O) groups excluding carboxylic acids is 1. The number of para-hydroxylation sites is 1. The van der Waals surface area contributed by atoms with Gasteiger partial charge in [-0.25, -0.2) is 13.8 Å². The van der Waals surface area contributed by atoms with E-state index in [1.807, 2.05) is 25.1 Å². The summed E-state index contributed by atoms with van der Waals surface area (Å²) in [5, 5.41) is 3.30. The van der Waals surface area contributed by atoms with Gasteiger partial charge >= 0.3 is 0 Å². The Morgan fingerprint density at radius 2 is 2.04 bits per heavy atom. The van der Waals surface area contributed by atoms with Crippen LogP contribution < -0.4 is 5.32 Å². The van der Waals surface area contributed by atoms with Gasteiger partial charge in [0.2, 0.25) is 5.91 Å². The van der Waals surface area contributed by atoms with E-state index in [1.165, 1.54) is 17.4 Å². The van der Waals surface area contributed by atoms with Crippen LogP contribution in [0.15, 0.2) is 36.4 Å². The molecule has 1 aromatic heterocycles. The van der Waals surface area contributed by atoms with Crippen LogP contribution in [0, 0.1) is 18.6 Å². The molecule has 1 heterocycles. The minimum atomic E-state index is -0.899. The number of thiazole rings is 1. The molecule has 0 fully saturated rings. The molecular weight excluding hydrogens is 318 g/mol. The molecule has 3 aromatic rings. The molecule has 1 N–H and O–H groups in total. The monoisotopic (exact) mass is 332 g/mol. The molecule has 23 heavy (non-hydrogen) atoms. The van der Waals surface area contributed by atoms with Gasteiger partial charge in [0.25, 0.3) is 0 Å². The maximum Gasteiger partial charge on any atom is 0.226 e. The number of halogens is 2. The van der Waals surface area contributed by atoms with Crippen molar-refractivity contribution in [1.82, 2.24) is 4.98 Å². The lowest BCUT2D eigenvalue weighted by Gasteiger charge is -2.03. The Hall–Kier alpha value is -2.34. The summed E-state index contributed by atoms with van der Waals surface area (Å²) in [5.74, 6) is -1.99. The number of benzene rings is 2. The molecule has 2 aromatic carbocycles. The van der Waals surface area contributed by atoms with Gasteiger partial charge in [-0.2, -0.15) is 0 Å². The van der Waals surface area contributed by atoms with E-state index in [9.17, 15) is 13.6 Å². The first kappa shape index (κ1) is 15.6. The van der Waals surface area contributed by atoms with Gasteiger partial charge in [-0.1, -0.05) is 29.5 Å². The smallest absolute Gasteiger partial charge is 0.226 e. The molecule has 0 aliphatic rings. The Kier molecular flexibility index (Phi) is 4.34. The van der Waals surface area contributed by atoms with Crippen molar-refractivity contribution < 1.29 is 13.6 Å². The van der Waals surface area contributed by atoms with Gasteiger partial charge < -0.3 is 5.32 Å². The number of nitrogens with zero attached hydrogens (tertiary/aromatic N) is 1. The Balaban J connectivity index is 1.64. The molecule has 1 amide bonds. The number of hydrogen-bond acceptors (Lipinski definition) is 3. The van der Waals surface area contributed by atoms with Crippen molar-refractivity contribution in [2.75, 3.05) is 5.32 Å². The van der Waals surface area contributed by atoms with E-state index < -0.39 is 11.6 Å². The average Bonchev–Trinajstić information content (AvgIpc) is 2.92. The Bertz CT molecular complexity index is 876. The van der Waals surface area contributed by atoms with Crippen LogP contribution >= 0.6 is 11.3 Å². The maximum absolute atomic E-state index is 13.1. The van der Waals surface area contributed by atoms with E-state index in [4.69, 9.17) is 0 Å². The summed E-state index contributed by atoms with van der Waals surface area (Å²) < 4.78 is 27.0. The van der Waals surface area contributed by atoms with Gasteiger partial charge in [0, 0.05) is 6.42 Å². The van der Waals surface area contributed by atoms with Gasteiger partial charge in [0.05, 0.1) is 10.2 Å². The number of aryl methyl sites for hydroxylation is 2. The highest BCUT2D eigenvalue weighted by atomic mass is 32.1. The molecule has 6 heteroatoms. The summed E-state index contributed by atoms with van der Waals surface area (Å²) in [6, 6.07) is 9.54. The molecule has 3 nitrogen and oxygen atoms in total. The first-order valence-corrected chi connectivity index (χ1v) is 7.94. The highest BCUT2D eigenvalue weighted by Gasteiger charge is 2.10. The van der Waals surface area contributed by atoms with Crippen LogP contribution in [0.5, 0.6) is 0 Å². The SMILES string of the molecule is Cc1cccc2sc(NC(=O)CCc3ccc(F)c(F)c3)nc12. The quantitative estimate of drug-likeness (QED) is 0.767. The molecule has 0 spiro atoms. The molecule has 0 saturated carbocycles. The summed E-state index contributed by atoms with van der Waals surface area (Å²) in [5.41, 5.74) is 2.52. The van der Waals surface area contributed by atoms with E-state index in [1.54, 1.807) is 0 Å². The fraction of sp³-hybridized carbons (Fsp3) is 0.176. The minimum absolute atomic E-state index is 0.181. The first-order valence-electron chi connectivity index (χ1n) is 7.13. The lowest BCUT2D eigenvalue weighted by Crippen LogP contribution is -2.12. The van der Waals surface area contributed by atoms with Crippen LogP contribution in [0.4, 0.5) is 13.9 Å². The largest absolute Gasteiger partial charge is 0.302 e. The zero-order valence-electron chi connectivity index (χ0n) is 12.4. The number of carbonyl (C=O) groups is 1. The summed E-state index contributed by atoms with van der Waals surface area (Å²) in [4.78, 5) is 16.4. The van der Waals surface area contributed by atoms with Crippen molar-refractivity contribution in [1.29, 1.82) is 0 Å². The van der Waals surface area contributed by atoms with Crippen LogP contribution in [-0.2, 0) is 11.2 Å². The van der Waals surface area contributed by atoms with Gasteiger partial charge in [-0.3, -0.25) is 4.79 Å². The highest BCUT2D eigenvalue weighted by Crippen LogP contribution is 2.27. The van der Waals surface area contributed by atoms with E-state index in [0.717, 1.165) is 27.9 Å². The number of aromatic nitrogens is 1. The molecular formula is C17H14F2N2OS. The number of amides is 1. The van der Waals surface area contributed by atoms with Crippen molar-refractivity contribution >= 4 is 32.6 Å². The van der Waals surface area contributed by atoms with E-state index in [2.05, 4.69) is 10.3 Å². The van der Waals surface area contributed by atoms with Crippen LogP contribution in [0.25, 0.3) is 10.2 Å². The third-order valence-electron chi connectivity index (χ3n) is 3.49. The lowest BCUT2D eigenvalue weighted by molar-refractivity contribution is -0.116. The highest BCUT2D eigenvalue weighted by molar-refractivity contribution is 7.22. The number of anilines is 1. The van der Waals surface area contributed by atoms with Crippen molar-refractivity contribution in [3.05, 3.63) is 59.2 Å². The van der Waals surface area contributed by atoms with Crippen molar-refractivity contribution in [2.45, 2.75) is 19.8 Å². The third kappa shape index (κ3) is 3.53. The number of nitrogens with one attached hydrogen (secondary N) is 1. The molecule has 0 atom stereocenters. The second-order valence-electron chi connectivity index (χ2n) is 5.24. The Morgan fingerprint density at radius 3 is 2.78 bits per heavy atom. The fourth-order valence-corrected chi connectivity index (χ4v) is 3.23. The van der Waals surface area contributed by atoms with Gasteiger partial charge in [-0.05, 0) is 42.7 Å². The zero-order chi connectivity index (χ0) is 16.4. The van der Waals surface area contributed by atoms with Gasteiger partial charge in [0.1, 0.15) is 0 Å². The predicted molar refractivity (Wildman–Crippen MR) is 87.7 cm³/mol. The van der Waals surface area contributed by atoms with E-state index in [0.29, 0.717) is 17.1 Å². The van der Waals surface area contributed by atoms with Crippen molar-refractivity contribution in [3.63, 3.8) is 0 Å². The summed E-state index contributed by atoms with van der Waals surface area (Å²) in [7, 11) is 0. The topological polar surface area (TPSA) is 42.0 Å². The summed E-state index contributed by atoms with van der Waals surface area (Å²) >= 11 is 1.41. The second kappa shape index (κ2) is 6.42. The van der Waals surface area contributed by atoms with Crippen LogP contribution in [0.2, 0.25) is 0 Å². The van der Waals surface area contributed by atoms with Crippen molar-refractivity contribution in [2.24, 2.45) is 0 Å². The summed E-state index contributed by atoms with van der Waals surface area (Å²) in [6.07, 6.45) is 0.521. The number of hydrogen-bond donors (Lipinski definition) is 1. The lowest BCUT2D eigenvalue weighted by atomic mass is 10.1. The zero-order valence-corrected chi connectivity index (χ0v) is 13.2. The molecule has 0 radical (unpaired) electrons. The average molecular weight is 332 g/mol. The van der Waals surface area contributed by atoms with Gasteiger partial charge in [0.15, 0.2) is 16.8 Å². The molecule has 3 rings (SSSR count). The molecule has 118 valence electrons. The number of rotatable bonds is 4. The Morgan fingerprint density at radius 1 is 1.22 bits per heavy atom. The van der Waals surface area contributed by atoms with E-state index in [-0.39, 0.29) is 12.3 Å². The minimum Gasteiger partial charge on any atom is -0.302 e. The molecule has 0 unspecified atom stereocenters. The number of fused-ring (bicyclic) bond motifs is 1. The molecule has 0 saturated heterocycles. The van der Waals surface area contributed by atoms with Crippen LogP contribution in [-0.4, -0.2) is 10.9 Å². The first-order chi connectivity index (χ1) is 11.0. The maximum atomic E-state index is 13.1. The molecule has 0 aliphatic carbocycles. The Labute approximate surface area is 136 Å². The standard InChI is InChI=1S/C17H14F2N2OS/c1-10-3-2-4-14-16(10)21-17(23-14)20-15(22)8-6-11-5-7-12(18)13(19)9-11/h2-5,7,9H,6,8H2,1H3,(H,20,21,22). The van der Waals surface area contributed by atoms with Crippen molar-refractivity contribution in [3.8, 4) is 0 Å². The normalized spacial score (nSPS) is 10.9. The predicted octanol–water partition coefficient (Wildman–Crippen LogP) is 4.45. The van der Waals surface area contributed by atoms with Gasteiger partial charge in [-0.15, -0.1) is 0 Å². The van der Waals surface area contributed by atoms with E-state index >= 15 is 0 Å². The summed E-state index contributed by atoms with van der Waals surface area (Å²) in [6.45, 7) is 1.97.